The number of carbonyl (C=O) groups excluding carboxylic acids is 1. The Morgan fingerprint density at radius 3 is 2.63 bits per heavy atom. The normalized spacial score (nSPS) is 10.7. The number of aryl methyl sites for hydroxylation is 1. The molecule has 0 fully saturated rings. The van der Waals surface area contributed by atoms with E-state index in [9.17, 15) is 4.79 Å². The Bertz CT molecular complexity index is 904. The molecule has 27 heavy (non-hydrogen) atoms. The average molecular weight is 381 g/mol. The Morgan fingerprint density at radius 2 is 1.93 bits per heavy atom. The van der Waals surface area contributed by atoms with Crippen molar-refractivity contribution in [3.8, 4) is 11.5 Å². The number of rotatable bonds is 7. The second-order valence-electron chi connectivity index (χ2n) is 6.49. The highest BCUT2D eigenvalue weighted by atomic mass is 32.1. The Labute approximate surface area is 163 Å². The Hall–Kier alpha value is -2.79. The number of benzene rings is 2. The summed E-state index contributed by atoms with van der Waals surface area (Å²) in [5.74, 6) is 1.30. The average Bonchev–Trinajstić information content (AvgIpc) is 3.15. The van der Waals surface area contributed by atoms with Crippen LogP contribution in [-0.4, -0.2) is 12.0 Å². The molecule has 0 radical (unpaired) electrons. The van der Waals surface area contributed by atoms with Gasteiger partial charge in [0, 0.05) is 16.1 Å². The first-order valence-corrected chi connectivity index (χ1v) is 9.73. The van der Waals surface area contributed by atoms with Crippen LogP contribution in [0.4, 0.5) is 5.69 Å². The van der Waals surface area contributed by atoms with Crippen LogP contribution in [0.25, 0.3) is 0 Å². The molecule has 0 spiro atoms. The molecule has 0 atom stereocenters. The summed E-state index contributed by atoms with van der Waals surface area (Å²) in [6, 6.07) is 16.9. The van der Waals surface area contributed by atoms with Gasteiger partial charge in [-0.3, -0.25) is 4.79 Å². The van der Waals surface area contributed by atoms with Gasteiger partial charge in [0.15, 0.2) is 0 Å². The number of ether oxygens (including phenoxy) is 2. The van der Waals surface area contributed by atoms with E-state index in [1.807, 2.05) is 68.6 Å². The molecule has 1 aromatic heterocycles. The Kier molecular flexibility index (Phi) is 6.14. The summed E-state index contributed by atoms with van der Waals surface area (Å²) in [6.45, 7) is 6.42. The molecular weight excluding hydrogens is 358 g/mol. The fraction of sp³-hybridized carbons (Fsp3) is 0.227. The van der Waals surface area contributed by atoms with Crippen molar-refractivity contribution in [1.29, 1.82) is 0 Å². The van der Waals surface area contributed by atoms with Crippen molar-refractivity contribution in [2.75, 3.05) is 5.32 Å². The smallest absolute Gasteiger partial charge is 0.255 e. The van der Waals surface area contributed by atoms with Gasteiger partial charge in [0.05, 0.1) is 6.10 Å². The zero-order valence-corrected chi connectivity index (χ0v) is 16.5. The highest BCUT2D eigenvalue weighted by Crippen LogP contribution is 2.23. The van der Waals surface area contributed by atoms with Gasteiger partial charge in [-0.15, -0.1) is 11.3 Å². The maximum atomic E-state index is 12.6. The first-order chi connectivity index (χ1) is 13.0. The van der Waals surface area contributed by atoms with Crippen molar-refractivity contribution in [2.45, 2.75) is 33.5 Å². The molecule has 0 bridgehead atoms. The molecule has 0 aliphatic rings. The molecule has 0 aliphatic heterocycles. The Balaban J connectivity index is 1.66. The minimum atomic E-state index is -0.169. The lowest BCUT2D eigenvalue weighted by Gasteiger charge is -2.13. The molecule has 3 rings (SSSR count). The zero-order valence-electron chi connectivity index (χ0n) is 15.7. The number of thiophene rings is 1. The summed E-state index contributed by atoms with van der Waals surface area (Å²) in [6.07, 6.45) is 0.113. The van der Waals surface area contributed by atoms with E-state index < -0.39 is 0 Å². The largest absolute Gasteiger partial charge is 0.491 e. The van der Waals surface area contributed by atoms with E-state index in [1.54, 1.807) is 23.5 Å². The monoisotopic (exact) mass is 381 g/mol. The highest BCUT2D eigenvalue weighted by Gasteiger charge is 2.10. The van der Waals surface area contributed by atoms with E-state index in [0.29, 0.717) is 17.9 Å². The van der Waals surface area contributed by atoms with Gasteiger partial charge in [0.25, 0.3) is 5.91 Å². The van der Waals surface area contributed by atoms with Crippen LogP contribution in [0.5, 0.6) is 11.5 Å². The lowest BCUT2D eigenvalue weighted by atomic mass is 10.1. The molecule has 1 amide bonds. The summed E-state index contributed by atoms with van der Waals surface area (Å²) in [5.41, 5.74) is 2.27. The van der Waals surface area contributed by atoms with Gasteiger partial charge in [0.2, 0.25) is 0 Å². The van der Waals surface area contributed by atoms with Crippen LogP contribution in [-0.2, 0) is 6.61 Å². The maximum Gasteiger partial charge on any atom is 0.255 e. The number of hydrogen-bond donors (Lipinski definition) is 1. The second kappa shape index (κ2) is 8.73. The van der Waals surface area contributed by atoms with E-state index >= 15 is 0 Å². The summed E-state index contributed by atoms with van der Waals surface area (Å²) < 4.78 is 11.5. The molecule has 0 saturated heterocycles. The quantitative estimate of drug-likeness (QED) is 0.573. The lowest BCUT2D eigenvalue weighted by Crippen LogP contribution is -2.13. The second-order valence-corrected chi connectivity index (χ2v) is 7.53. The number of anilines is 1. The molecule has 1 N–H and O–H groups in total. The molecule has 4 nitrogen and oxygen atoms in total. The van der Waals surface area contributed by atoms with Crippen molar-refractivity contribution < 1.29 is 14.3 Å². The molecule has 0 unspecified atom stereocenters. The first kappa shape index (κ1) is 19.0. The standard InChI is InChI=1S/C22H23NO3S/c1-15(2)26-19-9-10-21(16(3)12-19)23-22(24)17-6-4-7-18(13-17)25-14-20-8-5-11-27-20/h4-13,15H,14H2,1-3H3,(H,23,24). The number of carbonyl (C=O) groups is 1. The summed E-state index contributed by atoms with van der Waals surface area (Å²) in [5, 5.41) is 4.97. The number of hydrogen-bond acceptors (Lipinski definition) is 4. The van der Waals surface area contributed by atoms with E-state index in [-0.39, 0.29) is 12.0 Å². The first-order valence-electron chi connectivity index (χ1n) is 8.85. The van der Waals surface area contributed by atoms with Crippen LogP contribution in [0.1, 0.15) is 34.6 Å². The van der Waals surface area contributed by atoms with Crippen LogP contribution < -0.4 is 14.8 Å². The SMILES string of the molecule is Cc1cc(OC(C)C)ccc1NC(=O)c1cccc(OCc2cccs2)c1. The molecule has 3 aromatic rings. The molecule has 2 aromatic carbocycles. The fourth-order valence-electron chi connectivity index (χ4n) is 2.59. The van der Waals surface area contributed by atoms with Crippen molar-refractivity contribution >= 4 is 22.9 Å². The predicted octanol–water partition coefficient (Wildman–Crippen LogP) is 5.68. The highest BCUT2D eigenvalue weighted by molar-refractivity contribution is 7.09. The van der Waals surface area contributed by atoms with Gasteiger partial charge in [-0.05, 0) is 74.2 Å². The van der Waals surface area contributed by atoms with Crippen molar-refractivity contribution in [1.82, 2.24) is 0 Å². The molecule has 5 heteroatoms. The van der Waals surface area contributed by atoms with Crippen LogP contribution in [0, 0.1) is 6.92 Å². The van der Waals surface area contributed by atoms with Crippen molar-refractivity contribution in [2.24, 2.45) is 0 Å². The molecule has 0 saturated carbocycles. The van der Waals surface area contributed by atoms with Crippen LogP contribution in [0.2, 0.25) is 0 Å². The van der Waals surface area contributed by atoms with E-state index in [1.165, 1.54) is 0 Å². The predicted molar refractivity (Wildman–Crippen MR) is 110 cm³/mol. The lowest BCUT2D eigenvalue weighted by molar-refractivity contribution is 0.102. The third-order valence-electron chi connectivity index (χ3n) is 3.88. The van der Waals surface area contributed by atoms with Crippen LogP contribution in [0.15, 0.2) is 60.0 Å². The van der Waals surface area contributed by atoms with E-state index in [2.05, 4.69) is 5.32 Å². The number of amides is 1. The van der Waals surface area contributed by atoms with Crippen LogP contribution in [0.3, 0.4) is 0 Å². The zero-order chi connectivity index (χ0) is 19.2. The molecule has 140 valence electrons. The minimum absolute atomic E-state index is 0.113. The molecular formula is C22H23NO3S. The summed E-state index contributed by atoms with van der Waals surface area (Å²) >= 11 is 1.65. The third-order valence-corrected chi connectivity index (χ3v) is 4.73. The molecule has 0 aliphatic carbocycles. The van der Waals surface area contributed by atoms with Gasteiger partial charge in [-0.1, -0.05) is 12.1 Å². The van der Waals surface area contributed by atoms with Crippen molar-refractivity contribution in [3.63, 3.8) is 0 Å². The van der Waals surface area contributed by atoms with Crippen molar-refractivity contribution in [3.05, 3.63) is 76.0 Å². The van der Waals surface area contributed by atoms with Gasteiger partial charge in [0.1, 0.15) is 18.1 Å². The van der Waals surface area contributed by atoms with Gasteiger partial charge >= 0.3 is 0 Å². The molecule has 1 heterocycles. The minimum Gasteiger partial charge on any atom is -0.491 e. The van der Waals surface area contributed by atoms with E-state index in [0.717, 1.165) is 21.9 Å². The maximum absolute atomic E-state index is 12.6. The van der Waals surface area contributed by atoms with E-state index in [4.69, 9.17) is 9.47 Å². The van der Waals surface area contributed by atoms with Gasteiger partial charge in [-0.25, -0.2) is 0 Å². The van der Waals surface area contributed by atoms with Gasteiger partial charge in [-0.2, -0.15) is 0 Å². The number of nitrogens with one attached hydrogen (secondary N) is 1. The summed E-state index contributed by atoms with van der Waals surface area (Å²) in [7, 11) is 0. The fourth-order valence-corrected chi connectivity index (χ4v) is 3.21. The Morgan fingerprint density at radius 1 is 1.07 bits per heavy atom. The van der Waals surface area contributed by atoms with Gasteiger partial charge < -0.3 is 14.8 Å². The van der Waals surface area contributed by atoms with Crippen LogP contribution >= 0.6 is 11.3 Å². The topological polar surface area (TPSA) is 47.6 Å². The summed E-state index contributed by atoms with van der Waals surface area (Å²) in [4.78, 5) is 13.8. The third kappa shape index (κ3) is 5.34.